The molecule has 3 aromatic carbocycles. The fourth-order valence-corrected chi connectivity index (χ4v) is 5.56. The maximum Gasteiger partial charge on any atom is 0.306 e. The Labute approximate surface area is 265 Å². The molecule has 0 aliphatic carbocycles. The summed E-state index contributed by atoms with van der Waals surface area (Å²) in [6, 6.07) is 21.3. The number of amides is 1. The van der Waals surface area contributed by atoms with Gasteiger partial charge in [-0.2, -0.15) is 0 Å². The summed E-state index contributed by atoms with van der Waals surface area (Å²) < 4.78 is 18.4. The van der Waals surface area contributed by atoms with Crippen LogP contribution in [0.25, 0.3) is 0 Å². The Morgan fingerprint density at radius 2 is 1.77 bits per heavy atom. The fourth-order valence-electron chi connectivity index (χ4n) is 5.38. The van der Waals surface area contributed by atoms with Crippen LogP contribution in [0, 0.1) is 5.41 Å². The number of carboxylic acids is 1. The van der Waals surface area contributed by atoms with E-state index in [0.717, 1.165) is 32.4 Å². The molecule has 8 nitrogen and oxygen atoms in total. The molecular formula is C35H43ClN2O6. The minimum Gasteiger partial charge on any atom is -0.492 e. The van der Waals surface area contributed by atoms with E-state index in [4.69, 9.17) is 25.8 Å². The third-order valence-corrected chi connectivity index (χ3v) is 7.55. The van der Waals surface area contributed by atoms with Crippen LogP contribution in [0.1, 0.15) is 62.8 Å². The normalized spacial score (nSPS) is 16.8. The van der Waals surface area contributed by atoms with Gasteiger partial charge in [-0.15, -0.1) is 0 Å². The first-order valence-corrected chi connectivity index (χ1v) is 15.5. The smallest absolute Gasteiger partial charge is 0.306 e. The molecule has 0 fully saturated rings. The lowest BCUT2D eigenvalue weighted by Gasteiger charge is -2.31. The Balaban J connectivity index is 1.52. The van der Waals surface area contributed by atoms with Gasteiger partial charge in [-0.25, -0.2) is 0 Å². The predicted molar refractivity (Wildman–Crippen MR) is 173 cm³/mol. The van der Waals surface area contributed by atoms with Gasteiger partial charge >= 0.3 is 5.97 Å². The average molecular weight is 623 g/mol. The number of benzene rings is 3. The molecule has 1 aliphatic heterocycles. The Morgan fingerprint density at radius 3 is 2.48 bits per heavy atom. The van der Waals surface area contributed by atoms with Crippen molar-refractivity contribution in [2.24, 2.45) is 5.41 Å². The molecular weight excluding hydrogens is 580 g/mol. The van der Waals surface area contributed by atoms with E-state index in [2.05, 4.69) is 29.6 Å². The largest absolute Gasteiger partial charge is 0.492 e. The van der Waals surface area contributed by atoms with Gasteiger partial charge in [0.1, 0.15) is 12.2 Å². The molecule has 2 atom stereocenters. The van der Waals surface area contributed by atoms with Crippen LogP contribution in [-0.4, -0.2) is 56.4 Å². The van der Waals surface area contributed by atoms with Crippen LogP contribution >= 0.6 is 11.6 Å². The number of rotatable bonds is 14. The molecule has 1 amide bonds. The van der Waals surface area contributed by atoms with Gasteiger partial charge in [-0.3, -0.25) is 9.59 Å². The van der Waals surface area contributed by atoms with Gasteiger partial charge in [0, 0.05) is 28.4 Å². The number of nitrogens with one attached hydrogen (secondary N) is 1. The molecule has 0 saturated heterocycles. The summed E-state index contributed by atoms with van der Waals surface area (Å²) >= 11 is 6.47. The molecule has 0 bridgehead atoms. The van der Waals surface area contributed by atoms with Crippen molar-refractivity contribution < 1.29 is 28.9 Å². The SMILES string of the molecule is COc1c(OCCCNCCCc2ccccc2)cccc1C1OC(CC(=O)O)C(=O)N(CC(C)(C)C)c2ccc(Cl)cc21. The Bertz CT molecular complexity index is 1410. The number of aliphatic carboxylic acids is 1. The first-order chi connectivity index (χ1) is 21.1. The van der Waals surface area contributed by atoms with E-state index >= 15 is 0 Å². The minimum atomic E-state index is -1.21. The van der Waals surface area contributed by atoms with E-state index in [1.165, 1.54) is 5.56 Å². The molecule has 0 aromatic heterocycles. The predicted octanol–water partition coefficient (Wildman–Crippen LogP) is 6.68. The summed E-state index contributed by atoms with van der Waals surface area (Å²) in [6.45, 7) is 8.65. The molecule has 0 saturated carbocycles. The van der Waals surface area contributed by atoms with Gasteiger partial charge < -0.3 is 29.5 Å². The zero-order valence-corrected chi connectivity index (χ0v) is 26.7. The highest BCUT2D eigenvalue weighted by molar-refractivity contribution is 6.30. The van der Waals surface area contributed by atoms with Crippen molar-refractivity contribution >= 4 is 29.2 Å². The van der Waals surface area contributed by atoms with Gasteiger partial charge in [0.25, 0.3) is 5.91 Å². The van der Waals surface area contributed by atoms with Gasteiger partial charge in [-0.1, -0.05) is 74.8 Å². The standard InChI is InChI=1S/C35H43ClN2O6/c1-35(2,3)23-38-28-17-16-25(36)21-27(28)32(44-30(34(38)41)22-31(39)40)26-14-8-15-29(33(26)42-4)43-20-10-19-37-18-9-13-24-11-6-5-7-12-24/h5-8,11-12,14-17,21,30,32,37H,9-10,13,18-20,22-23H2,1-4H3,(H,39,40). The summed E-state index contributed by atoms with van der Waals surface area (Å²) in [5.41, 5.74) is 2.97. The van der Waals surface area contributed by atoms with Crippen molar-refractivity contribution in [1.29, 1.82) is 0 Å². The van der Waals surface area contributed by atoms with Crippen LogP contribution in [-0.2, 0) is 20.7 Å². The third kappa shape index (κ3) is 8.97. The summed E-state index contributed by atoms with van der Waals surface area (Å²) in [6.07, 6.45) is 0.383. The monoisotopic (exact) mass is 622 g/mol. The van der Waals surface area contributed by atoms with Crippen LogP contribution in [0.15, 0.2) is 66.7 Å². The van der Waals surface area contributed by atoms with Gasteiger partial charge in [0.2, 0.25) is 0 Å². The number of nitrogens with zero attached hydrogens (tertiary/aromatic N) is 1. The molecule has 3 aromatic rings. The lowest BCUT2D eigenvalue weighted by atomic mass is 9.94. The molecule has 2 N–H and O–H groups in total. The zero-order chi connectivity index (χ0) is 31.7. The number of ether oxygens (including phenoxy) is 3. The van der Waals surface area contributed by atoms with Crippen molar-refractivity contribution in [3.8, 4) is 11.5 Å². The van der Waals surface area contributed by atoms with Crippen molar-refractivity contribution in [2.75, 3.05) is 38.3 Å². The first-order valence-electron chi connectivity index (χ1n) is 15.1. The number of hydrogen-bond donors (Lipinski definition) is 2. The van der Waals surface area contributed by atoms with Crippen LogP contribution in [0.2, 0.25) is 5.02 Å². The van der Waals surface area contributed by atoms with Crippen molar-refractivity contribution in [2.45, 2.75) is 58.7 Å². The molecule has 44 heavy (non-hydrogen) atoms. The van der Waals surface area contributed by atoms with Gasteiger partial charge in [0.05, 0.1) is 20.1 Å². The maximum atomic E-state index is 13.8. The van der Waals surface area contributed by atoms with Crippen LogP contribution in [0.3, 0.4) is 0 Å². The van der Waals surface area contributed by atoms with Gasteiger partial charge in [-0.05, 0) is 67.6 Å². The van der Waals surface area contributed by atoms with Crippen molar-refractivity contribution in [1.82, 2.24) is 5.32 Å². The van der Waals surface area contributed by atoms with E-state index in [1.54, 1.807) is 30.2 Å². The zero-order valence-electron chi connectivity index (χ0n) is 26.0. The van der Waals surface area contributed by atoms with Crippen LogP contribution < -0.4 is 19.7 Å². The number of carbonyl (C=O) groups is 2. The summed E-state index contributed by atoms with van der Waals surface area (Å²) in [7, 11) is 1.56. The molecule has 9 heteroatoms. The number of aryl methyl sites for hydroxylation is 1. The van der Waals surface area contributed by atoms with Crippen molar-refractivity contribution in [3.05, 3.63) is 88.4 Å². The van der Waals surface area contributed by atoms with Crippen molar-refractivity contribution in [3.63, 3.8) is 0 Å². The number of fused-ring (bicyclic) bond motifs is 1. The molecule has 0 spiro atoms. The molecule has 1 aliphatic rings. The van der Waals surface area contributed by atoms with E-state index in [0.29, 0.717) is 46.5 Å². The van der Waals surface area contributed by atoms with E-state index in [1.807, 2.05) is 45.0 Å². The third-order valence-electron chi connectivity index (χ3n) is 7.31. The second-order valence-electron chi connectivity index (χ2n) is 12.2. The molecule has 4 rings (SSSR count). The Kier molecular flexibility index (Phi) is 11.7. The summed E-state index contributed by atoms with van der Waals surface area (Å²) in [5.74, 6) is -0.529. The highest BCUT2D eigenvalue weighted by Crippen LogP contribution is 2.45. The lowest BCUT2D eigenvalue weighted by molar-refractivity contribution is -0.147. The number of methoxy groups -OCH3 is 1. The molecule has 0 radical (unpaired) electrons. The number of anilines is 1. The highest BCUT2D eigenvalue weighted by Gasteiger charge is 2.40. The van der Waals surface area contributed by atoms with Crippen LogP contribution in [0.4, 0.5) is 5.69 Å². The number of hydrogen-bond acceptors (Lipinski definition) is 6. The maximum absolute atomic E-state index is 13.8. The quantitative estimate of drug-likeness (QED) is 0.194. The number of para-hydroxylation sites is 1. The number of halogens is 1. The topological polar surface area (TPSA) is 97.3 Å². The number of carboxylic acid groups (broad SMARTS) is 1. The second-order valence-corrected chi connectivity index (χ2v) is 12.6. The number of carbonyl (C=O) groups excluding carboxylic acids is 1. The van der Waals surface area contributed by atoms with Crippen LogP contribution in [0.5, 0.6) is 11.5 Å². The Hall–Kier alpha value is -3.59. The average Bonchev–Trinajstić information content (AvgIpc) is 3.08. The highest BCUT2D eigenvalue weighted by atomic mass is 35.5. The Morgan fingerprint density at radius 1 is 1.02 bits per heavy atom. The van der Waals surface area contributed by atoms with E-state index < -0.39 is 30.5 Å². The first kappa shape index (κ1) is 33.3. The fraction of sp³-hybridized carbons (Fsp3) is 0.429. The minimum absolute atomic E-state index is 0.262. The molecule has 2 unspecified atom stereocenters. The molecule has 1 heterocycles. The lowest BCUT2D eigenvalue weighted by Crippen LogP contribution is -2.44. The summed E-state index contributed by atoms with van der Waals surface area (Å²) in [4.78, 5) is 27.2. The van der Waals surface area contributed by atoms with E-state index in [-0.39, 0.29) is 5.41 Å². The van der Waals surface area contributed by atoms with Gasteiger partial charge in [0.15, 0.2) is 11.5 Å². The second kappa shape index (κ2) is 15.4. The molecule has 236 valence electrons. The summed E-state index contributed by atoms with van der Waals surface area (Å²) in [5, 5.41) is 13.6. The van der Waals surface area contributed by atoms with E-state index in [9.17, 15) is 14.7 Å².